The van der Waals surface area contributed by atoms with E-state index in [0.717, 1.165) is 11.3 Å². The van der Waals surface area contributed by atoms with Crippen LogP contribution in [0.3, 0.4) is 0 Å². The molecule has 2 heterocycles. The topological polar surface area (TPSA) is 110 Å². The van der Waals surface area contributed by atoms with Crippen LogP contribution in [0.15, 0.2) is 70.8 Å². The summed E-state index contributed by atoms with van der Waals surface area (Å²) in [6.07, 6.45) is 0.683. The largest absolute Gasteiger partial charge is 0.504 e. The van der Waals surface area contributed by atoms with Crippen molar-refractivity contribution >= 4 is 0 Å². The summed E-state index contributed by atoms with van der Waals surface area (Å²) < 4.78 is 12.6. The Bertz CT molecular complexity index is 1300. The van der Waals surface area contributed by atoms with Gasteiger partial charge in [-0.1, -0.05) is 36.4 Å². The van der Waals surface area contributed by atoms with Gasteiger partial charge in [0, 0.05) is 18.3 Å². The summed E-state index contributed by atoms with van der Waals surface area (Å²) in [4.78, 5) is 13.7. The molecule has 3 aromatic rings. The maximum Gasteiger partial charge on any atom is 0.258 e. The summed E-state index contributed by atoms with van der Waals surface area (Å²) in [7, 11) is 1.44. The van der Waals surface area contributed by atoms with Gasteiger partial charge in [0.15, 0.2) is 11.5 Å². The van der Waals surface area contributed by atoms with E-state index >= 15 is 0 Å². The number of ether oxygens (including phenoxy) is 2. The number of hydrogen-bond acceptors (Lipinski definition) is 6. The smallest absolute Gasteiger partial charge is 0.258 e. The Hall–Kier alpha value is -4.18. The second-order valence-corrected chi connectivity index (χ2v) is 7.61. The van der Waals surface area contributed by atoms with Crippen LogP contribution in [0.1, 0.15) is 28.3 Å². The number of aromatic nitrogens is 1. The van der Waals surface area contributed by atoms with Gasteiger partial charge in [-0.05, 0) is 36.6 Å². The molecule has 162 valence electrons. The number of methoxy groups -OCH3 is 1. The second kappa shape index (κ2) is 8.52. The number of nitrogens with zero attached hydrogens (tertiary/aromatic N) is 2. The lowest BCUT2D eigenvalue weighted by Gasteiger charge is -2.27. The van der Waals surface area contributed by atoms with Gasteiger partial charge < -0.3 is 24.9 Å². The molecule has 1 aliphatic heterocycles. The van der Waals surface area contributed by atoms with Crippen LogP contribution in [-0.2, 0) is 13.0 Å². The molecule has 2 aromatic carbocycles. The van der Waals surface area contributed by atoms with Gasteiger partial charge in [-0.15, -0.1) is 0 Å². The number of hydrogen-bond donors (Lipinski definition) is 2. The van der Waals surface area contributed by atoms with E-state index in [1.165, 1.54) is 13.2 Å². The van der Waals surface area contributed by atoms with Gasteiger partial charge in [0.05, 0.1) is 18.6 Å². The molecule has 0 fully saturated rings. The lowest BCUT2D eigenvalue weighted by Crippen LogP contribution is -2.33. The SMILES string of the molecule is COc1cc(C2C(C#N)=C(N)Oc3cc(C)n(CCc4ccccc4)c(=O)c32)ccc1O. The molecule has 4 rings (SSSR count). The molecule has 3 N–H and O–H groups in total. The monoisotopic (exact) mass is 429 g/mol. The number of fused-ring (bicyclic) bond motifs is 1. The summed E-state index contributed by atoms with van der Waals surface area (Å²) >= 11 is 0. The van der Waals surface area contributed by atoms with E-state index in [4.69, 9.17) is 15.2 Å². The molecule has 0 saturated carbocycles. The van der Waals surface area contributed by atoms with E-state index in [2.05, 4.69) is 6.07 Å². The Kier molecular flexibility index (Phi) is 5.61. The predicted molar refractivity (Wildman–Crippen MR) is 120 cm³/mol. The maximum atomic E-state index is 13.7. The van der Waals surface area contributed by atoms with Crippen molar-refractivity contribution in [1.82, 2.24) is 4.57 Å². The lowest BCUT2D eigenvalue weighted by molar-refractivity contribution is 0.371. The quantitative estimate of drug-likeness (QED) is 0.644. The molecule has 7 heteroatoms. The number of aryl methyl sites for hydroxylation is 2. The highest BCUT2D eigenvalue weighted by molar-refractivity contribution is 5.57. The number of aromatic hydroxyl groups is 1. The third-order valence-corrected chi connectivity index (χ3v) is 5.69. The van der Waals surface area contributed by atoms with Crippen molar-refractivity contribution in [2.45, 2.75) is 25.8 Å². The van der Waals surface area contributed by atoms with Crippen molar-refractivity contribution in [3.05, 3.63) is 98.8 Å². The first-order chi connectivity index (χ1) is 15.4. The minimum Gasteiger partial charge on any atom is -0.504 e. The Morgan fingerprint density at radius 2 is 1.97 bits per heavy atom. The zero-order valence-electron chi connectivity index (χ0n) is 17.8. The molecule has 0 amide bonds. The van der Waals surface area contributed by atoms with Gasteiger partial charge in [0.2, 0.25) is 5.88 Å². The number of pyridine rings is 1. The van der Waals surface area contributed by atoms with Crippen LogP contribution in [0.2, 0.25) is 0 Å². The van der Waals surface area contributed by atoms with E-state index < -0.39 is 5.92 Å². The Balaban J connectivity index is 1.86. The van der Waals surface area contributed by atoms with Gasteiger partial charge >= 0.3 is 0 Å². The van der Waals surface area contributed by atoms with Crippen molar-refractivity contribution in [2.75, 3.05) is 7.11 Å². The zero-order chi connectivity index (χ0) is 22.8. The van der Waals surface area contributed by atoms with E-state index in [9.17, 15) is 15.2 Å². The Morgan fingerprint density at radius 3 is 2.66 bits per heavy atom. The van der Waals surface area contributed by atoms with Crippen molar-refractivity contribution < 1.29 is 14.6 Å². The molecule has 0 saturated heterocycles. The van der Waals surface area contributed by atoms with Crippen LogP contribution in [0.25, 0.3) is 0 Å². The van der Waals surface area contributed by atoms with Crippen molar-refractivity contribution in [1.29, 1.82) is 5.26 Å². The fourth-order valence-corrected chi connectivity index (χ4v) is 4.06. The molecule has 1 aliphatic rings. The standard InChI is InChI=1S/C25H23N3O4/c1-15-12-21-23(25(30)28(15)11-10-16-6-4-3-5-7-16)22(18(14-26)24(27)32-21)17-8-9-19(29)20(13-17)31-2/h3-9,12-13,22,29H,10-11,27H2,1-2H3. The van der Waals surface area contributed by atoms with Crippen LogP contribution in [0.4, 0.5) is 0 Å². The van der Waals surface area contributed by atoms with Gasteiger partial charge in [-0.2, -0.15) is 5.26 Å². The van der Waals surface area contributed by atoms with Crippen LogP contribution >= 0.6 is 0 Å². The number of nitriles is 1. The summed E-state index contributed by atoms with van der Waals surface area (Å²) in [5.41, 5.74) is 8.74. The first kappa shape index (κ1) is 21.1. The van der Waals surface area contributed by atoms with E-state index in [1.54, 1.807) is 22.8 Å². The fraction of sp³-hybridized carbons (Fsp3) is 0.200. The molecule has 0 radical (unpaired) electrons. The predicted octanol–water partition coefficient (Wildman–Crippen LogP) is 3.33. The van der Waals surface area contributed by atoms with Gasteiger partial charge in [0.25, 0.3) is 5.56 Å². The molecule has 1 aromatic heterocycles. The minimum absolute atomic E-state index is 0.0387. The van der Waals surface area contributed by atoms with Crippen molar-refractivity contribution in [2.24, 2.45) is 5.73 Å². The summed E-state index contributed by atoms with van der Waals surface area (Å²) in [5.74, 6) is -0.254. The normalized spacial score (nSPS) is 15.0. The van der Waals surface area contributed by atoms with Crippen molar-refractivity contribution in [3.8, 4) is 23.3 Å². The summed E-state index contributed by atoms with van der Waals surface area (Å²) in [5, 5.41) is 19.8. The van der Waals surface area contributed by atoms with Crippen molar-refractivity contribution in [3.63, 3.8) is 0 Å². The molecular weight excluding hydrogens is 406 g/mol. The average Bonchev–Trinajstić information content (AvgIpc) is 2.79. The first-order valence-corrected chi connectivity index (χ1v) is 10.2. The summed E-state index contributed by atoms with van der Waals surface area (Å²) in [6.45, 7) is 2.32. The highest BCUT2D eigenvalue weighted by atomic mass is 16.5. The Labute approximate surface area is 185 Å². The number of benzene rings is 2. The second-order valence-electron chi connectivity index (χ2n) is 7.61. The third-order valence-electron chi connectivity index (χ3n) is 5.69. The van der Waals surface area contributed by atoms with Crippen LogP contribution in [0.5, 0.6) is 17.2 Å². The zero-order valence-corrected chi connectivity index (χ0v) is 17.8. The average molecular weight is 429 g/mol. The van der Waals surface area contributed by atoms with E-state index in [1.807, 2.05) is 37.3 Å². The maximum absolute atomic E-state index is 13.7. The summed E-state index contributed by atoms with van der Waals surface area (Å²) in [6, 6.07) is 18.5. The molecule has 1 unspecified atom stereocenters. The van der Waals surface area contributed by atoms with Crippen LogP contribution in [-0.4, -0.2) is 16.8 Å². The minimum atomic E-state index is -0.741. The molecule has 1 atom stereocenters. The lowest BCUT2D eigenvalue weighted by atomic mass is 9.84. The molecule has 0 bridgehead atoms. The first-order valence-electron chi connectivity index (χ1n) is 10.2. The molecule has 0 aliphatic carbocycles. The Morgan fingerprint density at radius 1 is 1.22 bits per heavy atom. The van der Waals surface area contributed by atoms with Gasteiger partial charge in [-0.25, -0.2) is 0 Å². The number of allylic oxidation sites excluding steroid dienone is 1. The van der Waals surface area contributed by atoms with Gasteiger partial charge in [-0.3, -0.25) is 4.79 Å². The number of rotatable bonds is 5. The van der Waals surface area contributed by atoms with E-state index in [-0.39, 0.29) is 28.5 Å². The number of nitrogens with two attached hydrogens (primary N) is 1. The third kappa shape index (κ3) is 3.67. The van der Waals surface area contributed by atoms with Gasteiger partial charge in [0.1, 0.15) is 17.4 Å². The molecule has 32 heavy (non-hydrogen) atoms. The molecular formula is C25H23N3O4. The van der Waals surface area contributed by atoms with Crippen LogP contribution in [0, 0.1) is 18.3 Å². The highest BCUT2D eigenvalue weighted by Crippen LogP contribution is 2.42. The van der Waals surface area contributed by atoms with E-state index in [0.29, 0.717) is 29.8 Å². The highest BCUT2D eigenvalue weighted by Gasteiger charge is 2.34. The molecule has 0 spiro atoms. The van der Waals surface area contributed by atoms with Crippen LogP contribution < -0.4 is 20.8 Å². The fourth-order valence-electron chi connectivity index (χ4n) is 4.06. The molecule has 7 nitrogen and oxygen atoms in total. The number of phenolic OH excluding ortho intramolecular Hbond substituents is 1. The number of phenols is 1.